The molecule has 1 amide bonds. The molecule has 0 saturated heterocycles. The molecule has 0 saturated carbocycles. The van der Waals surface area contributed by atoms with Crippen LogP contribution in [0.1, 0.15) is 23.7 Å². The molecule has 0 bridgehead atoms. The molecule has 3 aromatic rings. The quantitative estimate of drug-likeness (QED) is 0.730. The minimum Gasteiger partial charge on any atom is -0.337 e. The number of benzene rings is 1. The third kappa shape index (κ3) is 2.40. The summed E-state index contributed by atoms with van der Waals surface area (Å²) in [5.41, 5.74) is 4.84. The number of carbonyl (C=O) groups excluding carboxylic acids is 1. The molecular weight excluding hydrogens is 286 g/mol. The normalized spacial score (nSPS) is 14.0. The van der Waals surface area contributed by atoms with Gasteiger partial charge in [0, 0.05) is 37.3 Å². The first-order valence-corrected chi connectivity index (χ1v) is 7.98. The Balaban J connectivity index is 1.85. The van der Waals surface area contributed by atoms with Gasteiger partial charge in [-0.2, -0.15) is 0 Å². The summed E-state index contributed by atoms with van der Waals surface area (Å²) in [6.45, 7) is 3.90. The van der Waals surface area contributed by atoms with Crippen molar-refractivity contribution in [3.63, 3.8) is 0 Å². The van der Waals surface area contributed by atoms with Gasteiger partial charge in [-0.05, 0) is 29.7 Å². The number of rotatable bonds is 2. The maximum atomic E-state index is 11.8. The molecule has 4 rings (SSSR count). The number of pyridine rings is 1. The molecular formula is C19H19N3O. The van der Waals surface area contributed by atoms with Crippen molar-refractivity contribution in [2.24, 2.45) is 0 Å². The lowest BCUT2D eigenvalue weighted by Gasteiger charge is -2.27. The predicted molar refractivity (Wildman–Crippen MR) is 90.1 cm³/mol. The molecule has 3 heterocycles. The summed E-state index contributed by atoms with van der Waals surface area (Å²) in [5.74, 6) is 0.139. The number of amides is 1. The molecule has 0 atom stereocenters. The lowest BCUT2D eigenvalue weighted by atomic mass is 10.0. The summed E-state index contributed by atoms with van der Waals surface area (Å²) in [4.78, 5) is 18.3. The number of carbonyl (C=O) groups is 1. The van der Waals surface area contributed by atoms with Crippen LogP contribution in [0.3, 0.4) is 0 Å². The topological polar surface area (TPSA) is 38.1 Å². The highest BCUT2D eigenvalue weighted by Crippen LogP contribution is 2.30. The van der Waals surface area contributed by atoms with E-state index in [9.17, 15) is 4.79 Å². The smallest absolute Gasteiger partial charge is 0.219 e. The van der Waals surface area contributed by atoms with Crippen LogP contribution in [0.5, 0.6) is 0 Å². The molecule has 0 unspecified atom stereocenters. The minimum absolute atomic E-state index is 0.139. The Labute approximate surface area is 135 Å². The minimum atomic E-state index is 0.139. The van der Waals surface area contributed by atoms with E-state index in [1.54, 1.807) is 6.92 Å². The second-order valence-electron chi connectivity index (χ2n) is 6.06. The van der Waals surface area contributed by atoms with E-state index in [1.807, 2.05) is 23.2 Å². The van der Waals surface area contributed by atoms with Crippen LogP contribution >= 0.6 is 0 Å². The molecule has 0 aliphatic carbocycles. The van der Waals surface area contributed by atoms with E-state index < -0.39 is 0 Å². The van der Waals surface area contributed by atoms with Crippen LogP contribution in [0, 0.1) is 0 Å². The summed E-state index contributed by atoms with van der Waals surface area (Å²) in [7, 11) is 0. The summed E-state index contributed by atoms with van der Waals surface area (Å²) in [5, 5.41) is 1.22. The number of hydrogen-bond acceptors (Lipinski definition) is 2. The molecule has 4 nitrogen and oxygen atoms in total. The zero-order valence-electron chi connectivity index (χ0n) is 13.2. The Hall–Kier alpha value is -2.62. The predicted octanol–water partition coefficient (Wildman–Crippen LogP) is 2.99. The maximum absolute atomic E-state index is 11.8. The van der Waals surface area contributed by atoms with E-state index in [4.69, 9.17) is 0 Å². The summed E-state index contributed by atoms with van der Waals surface area (Å²) < 4.78 is 2.27. The van der Waals surface area contributed by atoms with Crippen LogP contribution in [-0.4, -0.2) is 26.9 Å². The van der Waals surface area contributed by atoms with Gasteiger partial charge in [0.05, 0.1) is 6.54 Å². The molecule has 0 radical (unpaired) electrons. The van der Waals surface area contributed by atoms with E-state index in [1.165, 1.54) is 22.2 Å². The van der Waals surface area contributed by atoms with Crippen molar-refractivity contribution in [2.75, 3.05) is 6.54 Å². The molecule has 2 aromatic heterocycles. The molecule has 4 heteroatoms. The molecule has 0 N–H and O–H groups in total. The average molecular weight is 305 g/mol. The summed E-state index contributed by atoms with van der Waals surface area (Å²) >= 11 is 0. The molecule has 116 valence electrons. The van der Waals surface area contributed by atoms with Gasteiger partial charge in [-0.25, -0.2) is 4.98 Å². The average Bonchev–Trinajstić information content (AvgIpc) is 2.90. The van der Waals surface area contributed by atoms with E-state index in [0.717, 1.165) is 25.2 Å². The van der Waals surface area contributed by atoms with Crippen molar-refractivity contribution >= 4 is 16.9 Å². The molecule has 1 aliphatic heterocycles. The number of hydrogen-bond donors (Lipinski definition) is 0. The monoisotopic (exact) mass is 305 g/mol. The highest BCUT2D eigenvalue weighted by atomic mass is 16.2. The van der Waals surface area contributed by atoms with Gasteiger partial charge in [0.15, 0.2) is 0 Å². The first-order valence-electron chi connectivity index (χ1n) is 7.98. The molecule has 0 spiro atoms. The van der Waals surface area contributed by atoms with Crippen molar-refractivity contribution in [3.8, 4) is 0 Å². The van der Waals surface area contributed by atoms with Crippen molar-refractivity contribution in [1.29, 1.82) is 0 Å². The largest absolute Gasteiger partial charge is 0.337 e. The highest BCUT2D eigenvalue weighted by Gasteiger charge is 2.25. The van der Waals surface area contributed by atoms with Gasteiger partial charge in [-0.3, -0.25) is 4.79 Å². The standard InChI is InChI=1S/C19H19N3O/c1-14(23)21-11-9-16-17-8-5-10-20-19(17)22(18(16)13-21)12-15-6-3-2-4-7-15/h2-8,10H,9,11-13H2,1H3. The van der Waals surface area contributed by atoms with Gasteiger partial charge >= 0.3 is 0 Å². The van der Waals surface area contributed by atoms with Crippen LogP contribution in [0.2, 0.25) is 0 Å². The van der Waals surface area contributed by atoms with Gasteiger partial charge in [-0.1, -0.05) is 30.3 Å². The Morgan fingerprint density at radius 2 is 2.00 bits per heavy atom. The Bertz CT molecular complexity index is 867. The fourth-order valence-electron chi connectivity index (χ4n) is 3.47. The van der Waals surface area contributed by atoms with Crippen LogP contribution in [0.15, 0.2) is 48.7 Å². The first-order chi connectivity index (χ1) is 11.2. The SMILES string of the molecule is CC(=O)N1CCc2c(n(Cc3ccccc3)c3ncccc23)C1. The Morgan fingerprint density at radius 1 is 1.17 bits per heavy atom. The lowest BCUT2D eigenvalue weighted by Crippen LogP contribution is -2.35. The van der Waals surface area contributed by atoms with Gasteiger partial charge in [0.2, 0.25) is 5.91 Å². The molecule has 23 heavy (non-hydrogen) atoms. The Morgan fingerprint density at radius 3 is 2.78 bits per heavy atom. The maximum Gasteiger partial charge on any atom is 0.219 e. The third-order valence-electron chi connectivity index (χ3n) is 4.64. The van der Waals surface area contributed by atoms with E-state index in [0.29, 0.717) is 6.54 Å². The second-order valence-corrected chi connectivity index (χ2v) is 6.06. The fourth-order valence-corrected chi connectivity index (χ4v) is 3.47. The fraction of sp³-hybridized carbons (Fsp3) is 0.263. The zero-order chi connectivity index (χ0) is 15.8. The van der Waals surface area contributed by atoms with Gasteiger partial charge in [0.25, 0.3) is 0 Å². The number of nitrogens with zero attached hydrogens (tertiary/aromatic N) is 3. The van der Waals surface area contributed by atoms with E-state index >= 15 is 0 Å². The van der Waals surface area contributed by atoms with Crippen LogP contribution in [0.4, 0.5) is 0 Å². The van der Waals surface area contributed by atoms with Crippen molar-refractivity contribution in [1.82, 2.24) is 14.5 Å². The van der Waals surface area contributed by atoms with Crippen molar-refractivity contribution in [2.45, 2.75) is 26.4 Å². The first kappa shape index (κ1) is 14.0. The van der Waals surface area contributed by atoms with Crippen LogP contribution in [-0.2, 0) is 24.3 Å². The lowest BCUT2D eigenvalue weighted by molar-refractivity contribution is -0.129. The molecule has 1 aromatic carbocycles. The van der Waals surface area contributed by atoms with Crippen LogP contribution < -0.4 is 0 Å². The zero-order valence-corrected chi connectivity index (χ0v) is 13.2. The second kappa shape index (κ2) is 5.54. The van der Waals surface area contributed by atoms with E-state index in [2.05, 4.69) is 39.9 Å². The number of aromatic nitrogens is 2. The highest BCUT2D eigenvalue weighted by molar-refractivity contribution is 5.83. The van der Waals surface area contributed by atoms with Gasteiger partial charge in [0.1, 0.15) is 5.65 Å². The number of fused-ring (bicyclic) bond motifs is 3. The van der Waals surface area contributed by atoms with E-state index in [-0.39, 0.29) is 5.91 Å². The van der Waals surface area contributed by atoms with Gasteiger partial charge in [-0.15, -0.1) is 0 Å². The summed E-state index contributed by atoms with van der Waals surface area (Å²) in [6.07, 6.45) is 2.75. The van der Waals surface area contributed by atoms with Crippen molar-refractivity contribution < 1.29 is 4.79 Å². The van der Waals surface area contributed by atoms with Crippen LogP contribution in [0.25, 0.3) is 11.0 Å². The molecule has 0 fully saturated rings. The summed E-state index contributed by atoms with van der Waals surface area (Å²) in [6, 6.07) is 14.5. The van der Waals surface area contributed by atoms with Crippen molar-refractivity contribution in [3.05, 3.63) is 65.5 Å². The Kier molecular flexibility index (Phi) is 3.37. The molecule has 1 aliphatic rings. The third-order valence-corrected chi connectivity index (χ3v) is 4.64. The van der Waals surface area contributed by atoms with Gasteiger partial charge < -0.3 is 9.47 Å².